The number of hydrogen-bond donors (Lipinski definition) is 2. The number of hydrogen-bond acceptors (Lipinski definition) is 3. The molecule has 2 aliphatic rings. The maximum Gasteiger partial charge on any atom is 0.315 e. The van der Waals surface area contributed by atoms with Gasteiger partial charge in [0.15, 0.2) is 0 Å². The maximum absolute atomic E-state index is 13.0. The predicted molar refractivity (Wildman–Crippen MR) is 111 cm³/mol. The topological polar surface area (TPSA) is 53.6 Å². The van der Waals surface area contributed by atoms with Gasteiger partial charge in [0.2, 0.25) is 0 Å². The minimum Gasteiger partial charge on any atom is -0.492 e. The first-order valence-electron chi connectivity index (χ1n) is 10.0. The molecular weight excluding hydrogens is 393 g/mol. The van der Waals surface area contributed by atoms with Crippen LogP contribution < -0.4 is 15.4 Å². The maximum atomic E-state index is 13.0. The molecule has 0 aliphatic carbocycles. The van der Waals surface area contributed by atoms with Crippen LogP contribution in [0.1, 0.15) is 36.4 Å². The van der Waals surface area contributed by atoms with Crippen molar-refractivity contribution in [1.29, 1.82) is 0 Å². The van der Waals surface area contributed by atoms with E-state index >= 15 is 0 Å². The van der Waals surface area contributed by atoms with Crippen molar-refractivity contribution in [2.75, 3.05) is 19.7 Å². The molecule has 5 nitrogen and oxygen atoms in total. The van der Waals surface area contributed by atoms with Crippen LogP contribution in [0.4, 0.5) is 9.18 Å². The van der Waals surface area contributed by atoms with Crippen molar-refractivity contribution in [1.82, 2.24) is 15.5 Å². The number of benzene rings is 2. The molecule has 1 saturated heterocycles. The molecule has 2 aliphatic heterocycles. The number of carbonyl (C=O) groups excluding carboxylic acids is 1. The lowest BCUT2D eigenvalue weighted by molar-refractivity contribution is 0.183. The fourth-order valence-corrected chi connectivity index (χ4v) is 4.24. The fraction of sp³-hybridized carbons (Fsp3) is 0.409. The van der Waals surface area contributed by atoms with Gasteiger partial charge in [-0.05, 0) is 36.6 Å². The van der Waals surface area contributed by atoms with Crippen molar-refractivity contribution in [3.63, 3.8) is 0 Å². The minimum absolute atomic E-state index is 0.101. The summed E-state index contributed by atoms with van der Waals surface area (Å²) >= 11 is 6.20. The quantitative estimate of drug-likeness (QED) is 0.781. The Kier molecular flexibility index (Phi) is 6.21. The summed E-state index contributed by atoms with van der Waals surface area (Å²) < 4.78 is 18.7. The third kappa shape index (κ3) is 5.00. The largest absolute Gasteiger partial charge is 0.492 e. The van der Waals surface area contributed by atoms with Crippen LogP contribution in [-0.4, -0.2) is 36.7 Å². The number of urea groups is 1. The molecule has 0 bridgehead atoms. The number of likely N-dealkylation sites (tertiary alicyclic amines) is 1. The fourth-order valence-electron chi connectivity index (χ4n) is 4.01. The van der Waals surface area contributed by atoms with E-state index < -0.39 is 0 Å². The summed E-state index contributed by atoms with van der Waals surface area (Å²) in [6, 6.07) is 12.1. The molecule has 0 saturated carbocycles. The summed E-state index contributed by atoms with van der Waals surface area (Å²) in [7, 11) is 0. The summed E-state index contributed by atoms with van der Waals surface area (Å²) in [5.41, 5.74) is 2.03. The van der Waals surface area contributed by atoms with Crippen molar-refractivity contribution >= 4 is 17.6 Å². The molecule has 4 rings (SSSR count). The van der Waals surface area contributed by atoms with Gasteiger partial charge in [-0.25, -0.2) is 9.18 Å². The monoisotopic (exact) mass is 417 g/mol. The number of nitrogens with one attached hydrogen (secondary N) is 2. The Morgan fingerprint density at radius 3 is 2.62 bits per heavy atom. The molecule has 0 aromatic heterocycles. The van der Waals surface area contributed by atoms with Crippen molar-refractivity contribution in [2.24, 2.45) is 0 Å². The number of amides is 2. The Bertz CT molecular complexity index is 854. The summed E-state index contributed by atoms with van der Waals surface area (Å²) in [6.07, 6.45) is 2.51. The molecule has 0 spiro atoms. The molecule has 154 valence electrons. The van der Waals surface area contributed by atoms with E-state index in [1.165, 1.54) is 12.1 Å². The first-order valence-corrected chi connectivity index (χ1v) is 10.4. The van der Waals surface area contributed by atoms with Crippen molar-refractivity contribution in [2.45, 2.75) is 37.9 Å². The van der Waals surface area contributed by atoms with E-state index in [-0.39, 0.29) is 23.9 Å². The number of para-hydroxylation sites is 1. The van der Waals surface area contributed by atoms with E-state index in [4.69, 9.17) is 16.3 Å². The Morgan fingerprint density at radius 1 is 1.10 bits per heavy atom. The van der Waals surface area contributed by atoms with Crippen LogP contribution in [0, 0.1) is 5.82 Å². The Morgan fingerprint density at radius 2 is 1.86 bits per heavy atom. The first kappa shape index (κ1) is 20.0. The lowest BCUT2D eigenvalue weighted by Gasteiger charge is -2.33. The van der Waals surface area contributed by atoms with Crippen molar-refractivity contribution in [3.8, 4) is 5.75 Å². The summed E-state index contributed by atoms with van der Waals surface area (Å²) in [5, 5.41) is 6.74. The highest BCUT2D eigenvalue weighted by molar-refractivity contribution is 6.32. The Labute approximate surface area is 175 Å². The minimum atomic E-state index is -0.211. The van der Waals surface area contributed by atoms with Crippen LogP contribution in [0.5, 0.6) is 5.75 Å². The van der Waals surface area contributed by atoms with E-state index in [1.807, 2.05) is 24.3 Å². The van der Waals surface area contributed by atoms with Crippen LogP contribution in [0.2, 0.25) is 5.02 Å². The second-order valence-electron chi connectivity index (χ2n) is 7.64. The van der Waals surface area contributed by atoms with Crippen LogP contribution in [0.25, 0.3) is 0 Å². The molecule has 2 aromatic carbocycles. The van der Waals surface area contributed by atoms with Crippen LogP contribution >= 0.6 is 11.6 Å². The van der Waals surface area contributed by atoms with Gasteiger partial charge in [-0.2, -0.15) is 0 Å². The molecular formula is C22H25ClFN3O2. The molecule has 1 fully saturated rings. The molecule has 0 radical (unpaired) electrons. The molecule has 7 heteroatoms. The molecule has 1 atom stereocenters. The first-order chi connectivity index (χ1) is 14.1. The summed E-state index contributed by atoms with van der Waals surface area (Å²) in [4.78, 5) is 14.9. The third-order valence-electron chi connectivity index (χ3n) is 5.57. The van der Waals surface area contributed by atoms with E-state index in [1.54, 1.807) is 6.07 Å². The Balaban J connectivity index is 1.25. The van der Waals surface area contributed by atoms with Gasteiger partial charge in [0.05, 0.1) is 17.7 Å². The molecule has 2 amide bonds. The smallest absolute Gasteiger partial charge is 0.315 e. The number of piperidine rings is 1. The van der Waals surface area contributed by atoms with E-state index in [0.717, 1.165) is 50.0 Å². The van der Waals surface area contributed by atoms with Crippen LogP contribution in [-0.2, 0) is 6.54 Å². The van der Waals surface area contributed by atoms with Crippen LogP contribution in [0.15, 0.2) is 42.5 Å². The summed E-state index contributed by atoms with van der Waals surface area (Å²) in [6.45, 7) is 3.14. The average Bonchev–Trinajstić information content (AvgIpc) is 2.72. The van der Waals surface area contributed by atoms with Gasteiger partial charge in [0.1, 0.15) is 11.6 Å². The van der Waals surface area contributed by atoms with E-state index in [2.05, 4.69) is 15.5 Å². The number of rotatable bonds is 4. The van der Waals surface area contributed by atoms with Gasteiger partial charge in [0.25, 0.3) is 0 Å². The number of fused-ring (bicyclic) bond motifs is 1. The van der Waals surface area contributed by atoms with Gasteiger partial charge in [-0.15, -0.1) is 0 Å². The SMILES string of the molecule is O=C(NC1CCN(Cc2ccc(F)cc2)CC1)N[C@H]1CCOc2c(Cl)cccc21. The zero-order chi connectivity index (χ0) is 20.2. The highest BCUT2D eigenvalue weighted by atomic mass is 35.5. The molecule has 2 heterocycles. The standard InChI is InChI=1S/C22H25ClFN3O2/c23-19-3-1-2-18-20(10-13-29-21(18)19)26-22(28)25-17-8-11-27(12-9-17)14-15-4-6-16(24)7-5-15/h1-7,17,20H,8-14H2,(H2,25,26,28)/t20-/m0/s1. The second kappa shape index (κ2) is 9.01. The van der Waals surface area contributed by atoms with Crippen molar-refractivity contribution in [3.05, 3.63) is 64.4 Å². The van der Waals surface area contributed by atoms with Crippen LogP contribution in [0.3, 0.4) is 0 Å². The average molecular weight is 418 g/mol. The van der Waals surface area contributed by atoms with E-state index in [9.17, 15) is 9.18 Å². The number of nitrogens with zero attached hydrogens (tertiary/aromatic N) is 1. The highest BCUT2D eigenvalue weighted by Crippen LogP contribution is 2.37. The number of carbonyl (C=O) groups is 1. The second-order valence-corrected chi connectivity index (χ2v) is 8.05. The zero-order valence-corrected chi connectivity index (χ0v) is 16.9. The predicted octanol–water partition coefficient (Wildman–Crippen LogP) is 4.27. The van der Waals surface area contributed by atoms with Gasteiger partial charge in [-0.1, -0.05) is 35.9 Å². The van der Waals surface area contributed by atoms with Gasteiger partial charge < -0.3 is 15.4 Å². The van der Waals surface area contributed by atoms with E-state index in [0.29, 0.717) is 17.4 Å². The lowest BCUT2D eigenvalue weighted by atomic mass is 10.0. The van der Waals surface area contributed by atoms with Gasteiger partial charge in [0, 0.05) is 37.7 Å². The normalized spacial score (nSPS) is 19.9. The number of halogens is 2. The molecule has 0 unspecified atom stereocenters. The van der Waals surface area contributed by atoms with Gasteiger partial charge >= 0.3 is 6.03 Å². The molecule has 2 aromatic rings. The molecule has 29 heavy (non-hydrogen) atoms. The number of ether oxygens (including phenoxy) is 1. The lowest BCUT2D eigenvalue weighted by Crippen LogP contribution is -2.48. The van der Waals surface area contributed by atoms with Crippen molar-refractivity contribution < 1.29 is 13.9 Å². The highest BCUT2D eigenvalue weighted by Gasteiger charge is 2.26. The third-order valence-corrected chi connectivity index (χ3v) is 5.87. The van der Waals surface area contributed by atoms with Gasteiger partial charge in [-0.3, -0.25) is 4.90 Å². The summed E-state index contributed by atoms with van der Waals surface area (Å²) in [5.74, 6) is 0.455. The molecule has 2 N–H and O–H groups in total. The Hall–Kier alpha value is -2.31. The zero-order valence-electron chi connectivity index (χ0n) is 16.2.